The summed E-state index contributed by atoms with van der Waals surface area (Å²) in [6, 6.07) is 3.52. The van der Waals surface area contributed by atoms with Crippen LogP contribution >= 0.6 is 11.6 Å². The molecule has 2 rings (SSSR count). The first kappa shape index (κ1) is 13.2. The zero-order chi connectivity index (χ0) is 13.5. The van der Waals surface area contributed by atoms with Crippen LogP contribution in [0.25, 0.3) is 0 Å². The first-order valence-electron chi connectivity index (χ1n) is 5.80. The van der Waals surface area contributed by atoms with Gasteiger partial charge in [-0.05, 0) is 37.5 Å². The minimum Gasteiger partial charge on any atom is -0.494 e. The van der Waals surface area contributed by atoms with E-state index in [2.05, 4.69) is 0 Å². The molecule has 0 heterocycles. The standard InChI is InChI=1S/C13H17ClN2O2/c1-8-6-9(14)7-10(11(8)18-3)16(2)12(17)13(15)4-5-13/h6-7H,4-5,15H2,1-3H3. The summed E-state index contributed by atoms with van der Waals surface area (Å²) in [6.45, 7) is 1.89. The summed E-state index contributed by atoms with van der Waals surface area (Å²) in [4.78, 5) is 13.8. The molecule has 1 saturated carbocycles. The largest absolute Gasteiger partial charge is 0.494 e. The van der Waals surface area contributed by atoms with Gasteiger partial charge in [0, 0.05) is 12.1 Å². The van der Waals surface area contributed by atoms with Gasteiger partial charge in [-0.2, -0.15) is 0 Å². The smallest absolute Gasteiger partial charge is 0.246 e. The number of amides is 1. The zero-order valence-electron chi connectivity index (χ0n) is 10.8. The van der Waals surface area contributed by atoms with E-state index in [-0.39, 0.29) is 5.91 Å². The highest BCUT2D eigenvalue weighted by Crippen LogP contribution is 2.39. The Hall–Kier alpha value is -1.26. The molecule has 0 saturated heterocycles. The molecule has 4 nitrogen and oxygen atoms in total. The van der Waals surface area contributed by atoms with Crippen molar-refractivity contribution in [1.82, 2.24) is 0 Å². The summed E-state index contributed by atoms with van der Waals surface area (Å²) >= 11 is 6.03. The number of nitrogens with two attached hydrogens (primary N) is 1. The zero-order valence-corrected chi connectivity index (χ0v) is 11.5. The molecule has 0 aromatic heterocycles. The summed E-state index contributed by atoms with van der Waals surface area (Å²) in [7, 11) is 3.27. The molecular formula is C13H17ClN2O2. The number of ether oxygens (including phenoxy) is 1. The molecule has 0 unspecified atom stereocenters. The third-order valence-corrected chi connectivity index (χ3v) is 3.52. The topological polar surface area (TPSA) is 55.6 Å². The number of hydrogen-bond donors (Lipinski definition) is 1. The van der Waals surface area contributed by atoms with E-state index in [1.54, 1.807) is 26.3 Å². The highest BCUT2D eigenvalue weighted by Gasteiger charge is 2.48. The van der Waals surface area contributed by atoms with E-state index in [0.29, 0.717) is 16.5 Å². The third-order valence-electron chi connectivity index (χ3n) is 3.30. The number of aryl methyl sites for hydroxylation is 1. The van der Waals surface area contributed by atoms with E-state index in [0.717, 1.165) is 18.4 Å². The van der Waals surface area contributed by atoms with Gasteiger partial charge in [0.25, 0.3) is 0 Å². The predicted octanol–water partition coefficient (Wildman–Crippen LogP) is 2.11. The molecule has 1 aromatic rings. The van der Waals surface area contributed by atoms with Gasteiger partial charge in [0.05, 0.1) is 18.3 Å². The number of likely N-dealkylation sites (N-methyl/N-ethyl adjacent to an activating group) is 1. The maximum atomic E-state index is 12.2. The summed E-state index contributed by atoms with van der Waals surface area (Å²) in [5.41, 5.74) is 6.78. The monoisotopic (exact) mass is 268 g/mol. The highest BCUT2D eigenvalue weighted by atomic mass is 35.5. The van der Waals surface area contributed by atoms with Gasteiger partial charge in [0.1, 0.15) is 5.75 Å². The highest BCUT2D eigenvalue weighted by molar-refractivity contribution is 6.31. The lowest BCUT2D eigenvalue weighted by Gasteiger charge is -2.24. The molecule has 1 aliphatic carbocycles. The van der Waals surface area contributed by atoms with Crippen LogP contribution in [0.5, 0.6) is 5.75 Å². The molecule has 0 spiro atoms. The second-order valence-corrected chi connectivity index (χ2v) is 5.23. The Labute approximate surface area is 112 Å². The summed E-state index contributed by atoms with van der Waals surface area (Å²) in [6.07, 6.45) is 1.47. The van der Waals surface area contributed by atoms with E-state index in [1.165, 1.54) is 4.90 Å². The molecule has 1 amide bonds. The summed E-state index contributed by atoms with van der Waals surface area (Å²) in [5, 5.41) is 0.574. The number of nitrogens with zero attached hydrogens (tertiary/aromatic N) is 1. The number of carbonyl (C=O) groups is 1. The average Bonchev–Trinajstić information content (AvgIpc) is 3.06. The van der Waals surface area contributed by atoms with Crippen molar-refractivity contribution in [2.24, 2.45) is 5.73 Å². The maximum Gasteiger partial charge on any atom is 0.246 e. The molecule has 98 valence electrons. The first-order chi connectivity index (χ1) is 8.39. The molecule has 0 aliphatic heterocycles. The molecule has 1 fully saturated rings. The molecule has 0 bridgehead atoms. The van der Waals surface area contributed by atoms with Crippen molar-refractivity contribution in [3.05, 3.63) is 22.7 Å². The number of methoxy groups -OCH3 is 1. The molecule has 0 atom stereocenters. The molecular weight excluding hydrogens is 252 g/mol. The minimum absolute atomic E-state index is 0.0949. The SMILES string of the molecule is COc1c(C)cc(Cl)cc1N(C)C(=O)C1(N)CC1. The van der Waals surface area contributed by atoms with Crippen molar-refractivity contribution >= 4 is 23.2 Å². The van der Waals surface area contributed by atoms with Gasteiger partial charge in [-0.3, -0.25) is 4.79 Å². The van der Waals surface area contributed by atoms with Gasteiger partial charge in [-0.1, -0.05) is 11.6 Å². The van der Waals surface area contributed by atoms with Crippen LogP contribution in [0, 0.1) is 6.92 Å². The number of carbonyl (C=O) groups excluding carboxylic acids is 1. The number of rotatable bonds is 3. The van der Waals surface area contributed by atoms with Crippen molar-refractivity contribution in [2.75, 3.05) is 19.1 Å². The Bertz CT molecular complexity index is 498. The van der Waals surface area contributed by atoms with Gasteiger partial charge >= 0.3 is 0 Å². The van der Waals surface area contributed by atoms with E-state index in [4.69, 9.17) is 22.1 Å². The maximum absolute atomic E-state index is 12.2. The fourth-order valence-electron chi connectivity index (χ4n) is 2.02. The van der Waals surface area contributed by atoms with E-state index in [1.807, 2.05) is 6.92 Å². The quantitative estimate of drug-likeness (QED) is 0.913. The molecule has 2 N–H and O–H groups in total. The van der Waals surface area contributed by atoms with Crippen molar-refractivity contribution in [3.8, 4) is 5.75 Å². The van der Waals surface area contributed by atoms with Gasteiger partial charge in [-0.15, -0.1) is 0 Å². The number of halogens is 1. The Balaban J connectivity index is 2.40. The fraction of sp³-hybridized carbons (Fsp3) is 0.462. The van der Waals surface area contributed by atoms with Crippen LogP contribution in [-0.4, -0.2) is 25.6 Å². The lowest BCUT2D eigenvalue weighted by molar-refractivity contribution is -0.120. The lowest BCUT2D eigenvalue weighted by Crippen LogP contribution is -2.44. The molecule has 5 heteroatoms. The van der Waals surface area contributed by atoms with Crippen molar-refractivity contribution < 1.29 is 9.53 Å². The number of benzene rings is 1. The van der Waals surface area contributed by atoms with Crippen LogP contribution in [-0.2, 0) is 4.79 Å². The second-order valence-electron chi connectivity index (χ2n) is 4.80. The second kappa shape index (κ2) is 4.44. The summed E-state index contributed by atoms with van der Waals surface area (Å²) < 4.78 is 5.34. The van der Waals surface area contributed by atoms with Crippen LogP contribution in [0.2, 0.25) is 5.02 Å². The Morgan fingerprint density at radius 1 is 1.50 bits per heavy atom. The third kappa shape index (κ3) is 2.18. The van der Waals surface area contributed by atoms with Crippen LogP contribution < -0.4 is 15.4 Å². The fourth-order valence-corrected chi connectivity index (χ4v) is 2.29. The summed E-state index contributed by atoms with van der Waals surface area (Å²) in [5.74, 6) is 0.557. The van der Waals surface area contributed by atoms with Crippen molar-refractivity contribution in [1.29, 1.82) is 0 Å². The van der Waals surface area contributed by atoms with Crippen LogP contribution in [0.1, 0.15) is 18.4 Å². The van der Waals surface area contributed by atoms with E-state index in [9.17, 15) is 4.79 Å². The van der Waals surface area contributed by atoms with E-state index >= 15 is 0 Å². The molecule has 0 radical (unpaired) electrons. The Morgan fingerprint density at radius 2 is 2.11 bits per heavy atom. The van der Waals surface area contributed by atoms with Gasteiger partial charge in [0.15, 0.2) is 0 Å². The van der Waals surface area contributed by atoms with Crippen LogP contribution in [0.15, 0.2) is 12.1 Å². The lowest BCUT2D eigenvalue weighted by atomic mass is 10.1. The number of anilines is 1. The first-order valence-corrected chi connectivity index (χ1v) is 6.18. The van der Waals surface area contributed by atoms with Crippen LogP contribution in [0.3, 0.4) is 0 Å². The molecule has 18 heavy (non-hydrogen) atoms. The van der Waals surface area contributed by atoms with E-state index < -0.39 is 5.54 Å². The minimum atomic E-state index is -0.698. The number of hydrogen-bond acceptors (Lipinski definition) is 3. The molecule has 1 aliphatic rings. The van der Waals surface area contributed by atoms with Crippen LogP contribution in [0.4, 0.5) is 5.69 Å². The Morgan fingerprint density at radius 3 is 2.61 bits per heavy atom. The average molecular weight is 269 g/mol. The van der Waals surface area contributed by atoms with Gasteiger partial charge < -0.3 is 15.4 Å². The van der Waals surface area contributed by atoms with Gasteiger partial charge in [0.2, 0.25) is 5.91 Å². The van der Waals surface area contributed by atoms with Crippen molar-refractivity contribution in [3.63, 3.8) is 0 Å². The molecule has 1 aromatic carbocycles. The predicted molar refractivity (Wildman–Crippen MR) is 72.3 cm³/mol. The Kier molecular flexibility index (Phi) is 3.25. The van der Waals surface area contributed by atoms with Gasteiger partial charge in [-0.25, -0.2) is 0 Å². The van der Waals surface area contributed by atoms with Crippen molar-refractivity contribution in [2.45, 2.75) is 25.3 Å². The normalized spacial score (nSPS) is 16.3.